The van der Waals surface area contributed by atoms with Gasteiger partial charge in [-0.05, 0) is 61.4 Å². The van der Waals surface area contributed by atoms with Crippen LogP contribution in [-0.4, -0.2) is 6.04 Å². The van der Waals surface area contributed by atoms with Crippen LogP contribution < -0.4 is 5.32 Å². The molecule has 3 rings (SSSR count). The Kier molecular flexibility index (Phi) is 3.29. The van der Waals surface area contributed by atoms with Crippen molar-refractivity contribution in [1.29, 1.82) is 0 Å². The first-order valence-corrected chi connectivity index (χ1v) is 7.10. The standard InChI is InChI=1S/C18H21N/c1-13-8-14(2)10-17(9-13)19-18-11-16(12-18)15-6-4-3-5-7-15/h3-10,16,18-19H,11-12H2,1-2H3. The van der Waals surface area contributed by atoms with Crippen LogP contribution in [0.2, 0.25) is 0 Å². The lowest BCUT2D eigenvalue weighted by atomic mass is 9.76. The summed E-state index contributed by atoms with van der Waals surface area (Å²) in [6.45, 7) is 4.32. The van der Waals surface area contributed by atoms with Gasteiger partial charge in [0.25, 0.3) is 0 Å². The highest BCUT2D eigenvalue weighted by Gasteiger charge is 2.29. The van der Waals surface area contributed by atoms with E-state index in [0.717, 1.165) is 5.92 Å². The molecule has 0 bridgehead atoms. The summed E-state index contributed by atoms with van der Waals surface area (Å²) in [5, 5.41) is 3.66. The van der Waals surface area contributed by atoms with Crippen molar-refractivity contribution in [2.24, 2.45) is 0 Å². The van der Waals surface area contributed by atoms with Crippen LogP contribution >= 0.6 is 0 Å². The molecule has 1 heteroatoms. The van der Waals surface area contributed by atoms with Gasteiger partial charge in [-0.15, -0.1) is 0 Å². The molecule has 0 saturated heterocycles. The van der Waals surface area contributed by atoms with Gasteiger partial charge in [0.2, 0.25) is 0 Å². The molecule has 1 aliphatic carbocycles. The lowest BCUT2D eigenvalue weighted by molar-refractivity contribution is 0.374. The maximum atomic E-state index is 3.66. The molecule has 1 fully saturated rings. The maximum absolute atomic E-state index is 3.66. The van der Waals surface area contributed by atoms with Crippen molar-refractivity contribution >= 4 is 5.69 Å². The third-order valence-electron chi connectivity index (χ3n) is 4.00. The van der Waals surface area contributed by atoms with Crippen molar-refractivity contribution in [2.45, 2.75) is 38.6 Å². The van der Waals surface area contributed by atoms with Gasteiger partial charge in [-0.3, -0.25) is 0 Å². The van der Waals surface area contributed by atoms with Crippen LogP contribution in [0, 0.1) is 13.8 Å². The smallest absolute Gasteiger partial charge is 0.0347 e. The number of anilines is 1. The molecule has 0 radical (unpaired) electrons. The third kappa shape index (κ3) is 2.81. The molecular formula is C18H21N. The molecule has 0 spiro atoms. The van der Waals surface area contributed by atoms with Gasteiger partial charge in [0, 0.05) is 11.7 Å². The van der Waals surface area contributed by atoms with Gasteiger partial charge in [-0.2, -0.15) is 0 Å². The van der Waals surface area contributed by atoms with Crippen LogP contribution in [0.25, 0.3) is 0 Å². The highest BCUT2D eigenvalue weighted by molar-refractivity contribution is 5.49. The van der Waals surface area contributed by atoms with Crippen LogP contribution in [0.15, 0.2) is 48.5 Å². The maximum Gasteiger partial charge on any atom is 0.0347 e. The number of benzene rings is 2. The molecule has 0 amide bonds. The fourth-order valence-corrected chi connectivity index (χ4v) is 3.03. The van der Waals surface area contributed by atoms with Crippen LogP contribution in [0.5, 0.6) is 0 Å². The lowest BCUT2D eigenvalue weighted by Gasteiger charge is -2.37. The summed E-state index contributed by atoms with van der Waals surface area (Å²) >= 11 is 0. The highest BCUT2D eigenvalue weighted by Crippen LogP contribution is 2.38. The highest BCUT2D eigenvalue weighted by atomic mass is 14.9. The van der Waals surface area contributed by atoms with E-state index in [1.165, 1.54) is 35.2 Å². The Labute approximate surface area is 115 Å². The normalized spacial score (nSPS) is 21.8. The summed E-state index contributed by atoms with van der Waals surface area (Å²) in [5.74, 6) is 0.740. The van der Waals surface area contributed by atoms with Crippen molar-refractivity contribution in [2.75, 3.05) is 5.32 Å². The fraction of sp³-hybridized carbons (Fsp3) is 0.333. The predicted molar refractivity (Wildman–Crippen MR) is 81.7 cm³/mol. The van der Waals surface area contributed by atoms with Crippen LogP contribution in [0.3, 0.4) is 0 Å². The largest absolute Gasteiger partial charge is 0.382 e. The molecular weight excluding hydrogens is 230 g/mol. The second kappa shape index (κ2) is 5.08. The van der Waals surface area contributed by atoms with Crippen LogP contribution in [-0.2, 0) is 0 Å². The molecule has 98 valence electrons. The van der Waals surface area contributed by atoms with E-state index in [9.17, 15) is 0 Å². The summed E-state index contributed by atoms with van der Waals surface area (Å²) < 4.78 is 0. The summed E-state index contributed by atoms with van der Waals surface area (Å²) in [4.78, 5) is 0. The van der Waals surface area contributed by atoms with E-state index in [0.29, 0.717) is 6.04 Å². The van der Waals surface area contributed by atoms with Gasteiger partial charge in [0.05, 0.1) is 0 Å². The van der Waals surface area contributed by atoms with E-state index >= 15 is 0 Å². The minimum Gasteiger partial charge on any atom is -0.382 e. The summed E-state index contributed by atoms with van der Waals surface area (Å²) in [5.41, 5.74) is 5.43. The van der Waals surface area contributed by atoms with Gasteiger partial charge in [0.1, 0.15) is 0 Å². The molecule has 1 aliphatic rings. The lowest BCUT2D eigenvalue weighted by Crippen LogP contribution is -2.34. The van der Waals surface area contributed by atoms with Gasteiger partial charge in [-0.1, -0.05) is 36.4 Å². The second-order valence-corrected chi connectivity index (χ2v) is 5.80. The Morgan fingerprint density at radius 3 is 2.16 bits per heavy atom. The Morgan fingerprint density at radius 2 is 1.53 bits per heavy atom. The molecule has 19 heavy (non-hydrogen) atoms. The summed E-state index contributed by atoms with van der Waals surface area (Å²) in [6.07, 6.45) is 2.49. The van der Waals surface area contributed by atoms with Crippen LogP contribution in [0.4, 0.5) is 5.69 Å². The van der Waals surface area contributed by atoms with E-state index in [4.69, 9.17) is 0 Å². The van der Waals surface area contributed by atoms with E-state index in [1.807, 2.05) is 0 Å². The number of hydrogen-bond donors (Lipinski definition) is 1. The van der Waals surface area contributed by atoms with E-state index in [-0.39, 0.29) is 0 Å². The Morgan fingerprint density at radius 1 is 0.895 bits per heavy atom. The van der Waals surface area contributed by atoms with Crippen molar-refractivity contribution < 1.29 is 0 Å². The zero-order valence-corrected chi connectivity index (χ0v) is 11.7. The number of hydrogen-bond acceptors (Lipinski definition) is 1. The molecule has 0 heterocycles. The molecule has 0 unspecified atom stereocenters. The van der Waals surface area contributed by atoms with Gasteiger partial charge >= 0.3 is 0 Å². The molecule has 0 aromatic heterocycles. The van der Waals surface area contributed by atoms with E-state index < -0.39 is 0 Å². The average molecular weight is 251 g/mol. The zero-order valence-electron chi connectivity index (χ0n) is 11.7. The first-order chi connectivity index (χ1) is 9.20. The summed E-state index contributed by atoms with van der Waals surface area (Å²) in [6, 6.07) is 18.2. The Hall–Kier alpha value is -1.76. The minimum atomic E-state index is 0.631. The first kappa shape index (κ1) is 12.3. The quantitative estimate of drug-likeness (QED) is 0.836. The number of aryl methyl sites for hydroxylation is 2. The number of rotatable bonds is 3. The third-order valence-corrected chi connectivity index (χ3v) is 4.00. The predicted octanol–water partition coefficient (Wildman–Crippen LogP) is 4.66. The molecule has 0 atom stereocenters. The Bertz CT molecular complexity index is 533. The van der Waals surface area contributed by atoms with E-state index in [1.54, 1.807) is 0 Å². The summed E-state index contributed by atoms with van der Waals surface area (Å²) in [7, 11) is 0. The fourth-order valence-electron chi connectivity index (χ4n) is 3.03. The topological polar surface area (TPSA) is 12.0 Å². The molecule has 1 nitrogen and oxygen atoms in total. The first-order valence-electron chi connectivity index (χ1n) is 7.10. The van der Waals surface area contributed by atoms with Crippen molar-refractivity contribution in [1.82, 2.24) is 0 Å². The molecule has 0 aliphatic heterocycles. The van der Waals surface area contributed by atoms with E-state index in [2.05, 4.69) is 67.7 Å². The minimum absolute atomic E-state index is 0.631. The van der Waals surface area contributed by atoms with Gasteiger partial charge in [0.15, 0.2) is 0 Å². The molecule has 1 N–H and O–H groups in total. The van der Waals surface area contributed by atoms with Crippen molar-refractivity contribution in [3.05, 3.63) is 65.2 Å². The van der Waals surface area contributed by atoms with Gasteiger partial charge < -0.3 is 5.32 Å². The monoisotopic (exact) mass is 251 g/mol. The molecule has 2 aromatic rings. The SMILES string of the molecule is Cc1cc(C)cc(NC2CC(c3ccccc3)C2)c1. The molecule has 1 saturated carbocycles. The van der Waals surface area contributed by atoms with Gasteiger partial charge in [-0.25, -0.2) is 0 Å². The Balaban J connectivity index is 1.59. The molecule has 2 aromatic carbocycles. The number of nitrogens with one attached hydrogen (secondary N) is 1. The van der Waals surface area contributed by atoms with Crippen LogP contribution in [0.1, 0.15) is 35.4 Å². The van der Waals surface area contributed by atoms with Crippen molar-refractivity contribution in [3.8, 4) is 0 Å². The zero-order chi connectivity index (χ0) is 13.2. The second-order valence-electron chi connectivity index (χ2n) is 5.80. The average Bonchev–Trinajstić information content (AvgIpc) is 2.33. The van der Waals surface area contributed by atoms with Crippen molar-refractivity contribution in [3.63, 3.8) is 0 Å².